The van der Waals surface area contributed by atoms with Crippen molar-refractivity contribution in [1.82, 2.24) is 0 Å². The first-order chi connectivity index (χ1) is 9.02. The molecule has 1 rings (SSSR count). The second kappa shape index (κ2) is 7.10. The monoisotopic (exact) mass is 286 g/mol. The number of hydrogen-bond donors (Lipinski definition) is 2. The quantitative estimate of drug-likeness (QED) is 0.451. The second-order valence-electron chi connectivity index (χ2n) is 3.87. The van der Waals surface area contributed by atoms with Crippen molar-refractivity contribution in [2.24, 2.45) is 0 Å². The molecule has 0 spiro atoms. The molecule has 3 N–H and O–H groups in total. The molecule has 7 heteroatoms. The number of methoxy groups -OCH3 is 2. The lowest BCUT2D eigenvalue weighted by atomic mass is 10.2. The molecule has 0 aliphatic heterocycles. The summed E-state index contributed by atoms with van der Waals surface area (Å²) in [5.74, 6) is -0.715. The summed E-state index contributed by atoms with van der Waals surface area (Å²) in [5.41, 5.74) is 6.25. The third kappa shape index (κ3) is 3.68. The average molecular weight is 286 g/mol. The van der Waals surface area contributed by atoms with E-state index in [4.69, 9.17) is 15.2 Å². The van der Waals surface area contributed by atoms with Crippen LogP contribution in [0.2, 0.25) is 0 Å². The van der Waals surface area contributed by atoms with Gasteiger partial charge in [0.05, 0.1) is 17.7 Å². The lowest BCUT2D eigenvalue weighted by Gasteiger charge is -2.06. The van der Waals surface area contributed by atoms with Gasteiger partial charge in [-0.25, -0.2) is 4.79 Å². The number of thiophene rings is 1. The number of anilines is 2. The van der Waals surface area contributed by atoms with Crippen molar-refractivity contribution in [3.05, 3.63) is 10.4 Å². The molecule has 0 amide bonds. The molecule has 106 valence electrons. The zero-order valence-corrected chi connectivity index (χ0v) is 12.1. The fourth-order valence-corrected chi connectivity index (χ4v) is 2.58. The maximum Gasteiger partial charge on any atom is 0.343 e. The van der Waals surface area contributed by atoms with Crippen LogP contribution in [0.5, 0.6) is 0 Å². The van der Waals surface area contributed by atoms with E-state index in [2.05, 4.69) is 5.32 Å². The molecule has 1 heterocycles. The highest BCUT2D eigenvalue weighted by atomic mass is 32.1. The fourth-order valence-electron chi connectivity index (χ4n) is 1.55. The number of nitrogens with one attached hydrogen (secondary N) is 1. The number of esters is 1. The number of ether oxygens (including phenoxy) is 2. The second-order valence-corrected chi connectivity index (χ2v) is 4.89. The molecule has 0 radical (unpaired) electrons. The third-order valence-corrected chi connectivity index (χ3v) is 3.73. The third-order valence-electron chi connectivity index (χ3n) is 2.47. The summed E-state index contributed by atoms with van der Waals surface area (Å²) in [4.78, 5) is 23.5. The van der Waals surface area contributed by atoms with Crippen LogP contribution in [0.25, 0.3) is 0 Å². The van der Waals surface area contributed by atoms with Gasteiger partial charge < -0.3 is 20.5 Å². The molecule has 0 bridgehead atoms. The predicted octanol–water partition coefficient (Wildman–Crippen LogP) is 1.77. The Morgan fingerprint density at radius 1 is 1.37 bits per heavy atom. The first-order valence-electron chi connectivity index (χ1n) is 5.77. The zero-order chi connectivity index (χ0) is 14.4. The average Bonchev–Trinajstić information content (AvgIpc) is 2.71. The van der Waals surface area contributed by atoms with Gasteiger partial charge in [-0.15, -0.1) is 11.3 Å². The van der Waals surface area contributed by atoms with E-state index in [-0.39, 0.29) is 17.0 Å². The Bertz CT molecular complexity index is 471. The van der Waals surface area contributed by atoms with Gasteiger partial charge in [-0.3, -0.25) is 4.79 Å². The number of ketones is 1. The van der Waals surface area contributed by atoms with Crippen molar-refractivity contribution >= 4 is 33.8 Å². The molecule has 1 aromatic rings. The van der Waals surface area contributed by atoms with Gasteiger partial charge in [-0.05, 0) is 6.42 Å². The van der Waals surface area contributed by atoms with Crippen LogP contribution in [0.15, 0.2) is 0 Å². The molecule has 0 aromatic carbocycles. The summed E-state index contributed by atoms with van der Waals surface area (Å²) in [6.45, 7) is 2.65. The van der Waals surface area contributed by atoms with Gasteiger partial charge in [0.2, 0.25) is 0 Å². The number of hydrogen-bond acceptors (Lipinski definition) is 7. The molecule has 0 fully saturated rings. The standard InChI is InChI=1S/C12H18N2O4S/c1-7(15)10-9(13)8(12(16)18-3)11(19-10)14-5-4-6-17-2/h14H,4-6,13H2,1-3H3. The lowest BCUT2D eigenvalue weighted by molar-refractivity contribution is 0.0603. The molecule has 19 heavy (non-hydrogen) atoms. The number of carbonyl (C=O) groups excluding carboxylic acids is 2. The minimum absolute atomic E-state index is 0.169. The molecule has 0 aliphatic rings. The van der Waals surface area contributed by atoms with Gasteiger partial charge >= 0.3 is 5.97 Å². The summed E-state index contributed by atoms with van der Waals surface area (Å²) >= 11 is 1.17. The van der Waals surface area contributed by atoms with Crippen LogP contribution >= 0.6 is 11.3 Å². The maximum atomic E-state index is 11.7. The summed E-state index contributed by atoms with van der Waals surface area (Å²) in [7, 11) is 2.90. The Morgan fingerprint density at radius 2 is 2.05 bits per heavy atom. The van der Waals surface area contributed by atoms with Crippen LogP contribution in [0.1, 0.15) is 33.4 Å². The van der Waals surface area contributed by atoms with E-state index in [1.807, 2.05) is 0 Å². The van der Waals surface area contributed by atoms with Crippen LogP contribution in [0.4, 0.5) is 10.7 Å². The van der Waals surface area contributed by atoms with E-state index in [1.54, 1.807) is 7.11 Å². The van der Waals surface area contributed by atoms with Crippen molar-refractivity contribution in [2.75, 3.05) is 38.4 Å². The SMILES string of the molecule is COCCCNc1sc(C(C)=O)c(N)c1C(=O)OC. The summed E-state index contributed by atoms with van der Waals surface area (Å²) in [6, 6.07) is 0. The largest absolute Gasteiger partial charge is 0.465 e. The minimum Gasteiger partial charge on any atom is -0.465 e. The van der Waals surface area contributed by atoms with Crippen LogP contribution in [-0.4, -0.2) is 39.1 Å². The normalized spacial score (nSPS) is 10.3. The van der Waals surface area contributed by atoms with E-state index < -0.39 is 5.97 Å². The molecule has 0 unspecified atom stereocenters. The van der Waals surface area contributed by atoms with E-state index in [0.29, 0.717) is 23.0 Å². The van der Waals surface area contributed by atoms with Crippen LogP contribution < -0.4 is 11.1 Å². The molecule has 0 saturated carbocycles. The van der Waals surface area contributed by atoms with E-state index >= 15 is 0 Å². The Morgan fingerprint density at radius 3 is 2.58 bits per heavy atom. The first-order valence-corrected chi connectivity index (χ1v) is 6.58. The zero-order valence-electron chi connectivity index (χ0n) is 11.2. The topological polar surface area (TPSA) is 90.6 Å². The Kier molecular flexibility index (Phi) is 5.78. The van der Waals surface area contributed by atoms with E-state index in [0.717, 1.165) is 6.42 Å². The Hall–Kier alpha value is -1.60. The highest BCUT2D eigenvalue weighted by Crippen LogP contribution is 2.36. The fraction of sp³-hybridized carbons (Fsp3) is 0.500. The number of carbonyl (C=O) groups is 2. The van der Waals surface area contributed by atoms with Crippen LogP contribution in [-0.2, 0) is 9.47 Å². The maximum absolute atomic E-state index is 11.7. The van der Waals surface area contributed by atoms with Gasteiger partial charge in [0.25, 0.3) is 0 Å². The van der Waals surface area contributed by atoms with Crippen LogP contribution in [0.3, 0.4) is 0 Å². The predicted molar refractivity (Wildman–Crippen MR) is 75.1 cm³/mol. The highest BCUT2D eigenvalue weighted by Gasteiger charge is 2.24. The number of rotatable bonds is 7. The lowest BCUT2D eigenvalue weighted by Crippen LogP contribution is -2.10. The van der Waals surface area contributed by atoms with Gasteiger partial charge in [0.1, 0.15) is 10.6 Å². The van der Waals surface area contributed by atoms with Gasteiger partial charge in [-0.1, -0.05) is 0 Å². The highest BCUT2D eigenvalue weighted by molar-refractivity contribution is 7.19. The van der Waals surface area contributed by atoms with Gasteiger partial charge in [-0.2, -0.15) is 0 Å². The molecule has 1 aromatic heterocycles. The van der Waals surface area contributed by atoms with E-state index in [9.17, 15) is 9.59 Å². The molecular weight excluding hydrogens is 268 g/mol. The minimum atomic E-state index is -0.546. The van der Waals surface area contributed by atoms with Crippen molar-refractivity contribution in [1.29, 1.82) is 0 Å². The van der Waals surface area contributed by atoms with Crippen molar-refractivity contribution in [3.8, 4) is 0 Å². The summed E-state index contributed by atoms with van der Waals surface area (Å²) in [5, 5.41) is 3.65. The first kappa shape index (κ1) is 15.5. The van der Waals surface area contributed by atoms with Crippen LogP contribution in [0, 0.1) is 0 Å². The van der Waals surface area contributed by atoms with Crippen molar-refractivity contribution in [2.45, 2.75) is 13.3 Å². The van der Waals surface area contributed by atoms with Gasteiger partial charge in [0.15, 0.2) is 5.78 Å². The molecular formula is C12H18N2O4S. The molecule has 6 nitrogen and oxygen atoms in total. The summed E-state index contributed by atoms with van der Waals surface area (Å²) < 4.78 is 9.63. The van der Waals surface area contributed by atoms with Gasteiger partial charge in [0, 0.05) is 27.2 Å². The van der Waals surface area contributed by atoms with Crippen molar-refractivity contribution in [3.63, 3.8) is 0 Å². The number of nitrogens with two attached hydrogens (primary N) is 1. The molecule has 0 saturated heterocycles. The number of Topliss-reactive ketones (excluding diaryl/α,β-unsaturated/α-hetero) is 1. The Balaban J connectivity index is 2.97. The Labute approximate surface area is 115 Å². The van der Waals surface area contributed by atoms with Crippen molar-refractivity contribution < 1.29 is 19.1 Å². The molecule has 0 aliphatic carbocycles. The van der Waals surface area contributed by atoms with E-state index in [1.165, 1.54) is 25.4 Å². The smallest absolute Gasteiger partial charge is 0.343 e. The summed E-state index contributed by atoms with van der Waals surface area (Å²) in [6.07, 6.45) is 0.782. The number of nitrogen functional groups attached to an aromatic ring is 1. The molecule has 0 atom stereocenters.